The zero-order chi connectivity index (χ0) is 8.51. The van der Waals surface area contributed by atoms with E-state index in [0.29, 0.717) is 0 Å². The molecule has 0 aromatic carbocycles. The third-order valence-electron chi connectivity index (χ3n) is 3.13. The predicted molar refractivity (Wildman–Crippen MR) is 53.8 cm³/mol. The average Bonchev–Trinajstić information content (AvgIpc) is 2.39. The first-order chi connectivity index (χ1) is 5.62. The average molecular weight is 335 g/mol. The van der Waals surface area contributed by atoms with E-state index in [1.165, 1.54) is 17.0 Å². The Hall–Kier alpha value is 0.570. The molecule has 0 amide bonds. The fourth-order valence-corrected chi connectivity index (χ4v) is 5.91. The molecule has 0 aromatic rings. The van der Waals surface area contributed by atoms with Crippen molar-refractivity contribution in [2.24, 2.45) is 4.99 Å². The van der Waals surface area contributed by atoms with E-state index in [1.807, 2.05) is 0 Å². The molecule has 1 aliphatic carbocycles. The third kappa shape index (κ3) is 1.63. The van der Waals surface area contributed by atoms with Gasteiger partial charge >= 0.3 is 26.2 Å². The van der Waals surface area contributed by atoms with Gasteiger partial charge in [0.25, 0.3) is 0 Å². The number of nitrogens with zero attached hydrogens (tertiary/aromatic N) is 1. The smallest absolute Gasteiger partial charge is 1.00 e. The monoisotopic (exact) mass is 333 g/mol. The van der Waals surface area contributed by atoms with E-state index in [1.54, 1.807) is 10.4 Å². The largest absolute Gasteiger partial charge is 2.00 e. The third-order valence-corrected chi connectivity index (χ3v) is 6.76. The molecule has 3 rings (SSSR count). The van der Waals surface area contributed by atoms with E-state index < -0.39 is 8.07 Å². The molecule has 5 heteroatoms. The molecule has 0 fully saturated rings. The molecular formula is C10H11Cl2NSiZr. The normalized spacial score (nSPS) is 22.2. The SMILES string of the molecule is CC1=NC2=CC=C3C2=C1[Si]3(C)C.[Cl-].[Cl-].[Zr+2]. The first kappa shape index (κ1) is 15.6. The van der Waals surface area contributed by atoms with Gasteiger partial charge in [-0.2, -0.15) is 0 Å². The first-order valence-electron chi connectivity index (χ1n) is 4.36. The maximum atomic E-state index is 4.56. The van der Waals surface area contributed by atoms with Crippen LogP contribution in [0.3, 0.4) is 0 Å². The fraction of sp³-hybridized carbons (Fsp3) is 0.300. The Balaban J connectivity index is 0.000000653. The van der Waals surface area contributed by atoms with Crippen LogP contribution in [0.2, 0.25) is 13.1 Å². The maximum absolute atomic E-state index is 4.56. The molecule has 0 bridgehead atoms. The number of rotatable bonds is 0. The van der Waals surface area contributed by atoms with Crippen LogP contribution in [-0.4, -0.2) is 13.8 Å². The van der Waals surface area contributed by atoms with E-state index in [2.05, 4.69) is 37.2 Å². The minimum atomic E-state index is -1.17. The van der Waals surface area contributed by atoms with Gasteiger partial charge in [-0.15, -0.1) is 0 Å². The molecule has 2 heterocycles. The summed E-state index contributed by atoms with van der Waals surface area (Å²) in [6, 6.07) is 0. The summed E-state index contributed by atoms with van der Waals surface area (Å²) in [5.41, 5.74) is 4.00. The van der Waals surface area contributed by atoms with Crippen molar-refractivity contribution in [3.05, 3.63) is 33.8 Å². The molecular weight excluding hydrogens is 324 g/mol. The predicted octanol–water partition coefficient (Wildman–Crippen LogP) is -3.61. The van der Waals surface area contributed by atoms with Gasteiger partial charge in [0.1, 0.15) is 8.07 Å². The molecule has 0 aromatic heterocycles. The Bertz CT molecular complexity index is 433. The second kappa shape index (κ2) is 4.44. The summed E-state index contributed by atoms with van der Waals surface area (Å²) in [6.45, 7) is 6.98. The van der Waals surface area contributed by atoms with Gasteiger partial charge in [0.2, 0.25) is 0 Å². The second-order valence-corrected chi connectivity index (χ2v) is 8.49. The molecule has 78 valence electrons. The van der Waals surface area contributed by atoms with Crippen molar-refractivity contribution in [2.45, 2.75) is 20.0 Å². The summed E-state index contributed by atoms with van der Waals surface area (Å²) in [7, 11) is -1.17. The molecule has 2 aliphatic heterocycles. The second-order valence-electron chi connectivity index (χ2n) is 4.20. The van der Waals surface area contributed by atoms with Gasteiger partial charge in [0.15, 0.2) is 0 Å². The van der Waals surface area contributed by atoms with E-state index in [4.69, 9.17) is 0 Å². The van der Waals surface area contributed by atoms with Crippen LogP contribution in [0.4, 0.5) is 0 Å². The summed E-state index contributed by atoms with van der Waals surface area (Å²) in [5, 5.41) is 3.23. The van der Waals surface area contributed by atoms with Gasteiger partial charge in [-0.1, -0.05) is 19.2 Å². The van der Waals surface area contributed by atoms with E-state index >= 15 is 0 Å². The van der Waals surface area contributed by atoms with Crippen molar-refractivity contribution in [3.63, 3.8) is 0 Å². The first-order valence-corrected chi connectivity index (χ1v) is 7.36. The van der Waals surface area contributed by atoms with Crippen molar-refractivity contribution >= 4 is 13.8 Å². The standard InChI is InChI=1S/C10H11NSi.2ClH.Zr/c1-6-10-9-7(11-6)4-5-8(9)12(10,2)3;;;/h4-5H,1-3H3;2*1H;/q;;;+2/p-2. The van der Waals surface area contributed by atoms with Gasteiger partial charge < -0.3 is 24.8 Å². The van der Waals surface area contributed by atoms with Crippen molar-refractivity contribution in [3.8, 4) is 0 Å². The number of halogens is 2. The Morgan fingerprint density at radius 2 is 1.73 bits per heavy atom. The number of allylic oxidation sites excluding steroid dienone is 4. The van der Waals surface area contributed by atoms with Crippen LogP contribution < -0.4 is 24.8 Å². The van der Waals surface area contributed by atoms with E-state index in [9.17, 15) is 0 Å². The molecule has 15 heavy (non-hydrogen) atoms. The van der Waals surface area contributed by atoms with Crippen LogP contribution >= 0.6 is 0 Å². The van der Waals surface area contributed by atoms with Crippen molar-refractivity contribution in [1.82, 2.24) is 0 Å². The molecule has 0 radical (unpaired) electrons. The van der Waals surface area contributed by atoms with Gasteiger partial charge in [-0.05, 0) is 23.4 Å². The topological polar surface area (TPSA) is 12.4 Å². The number of hydrogen-bond donors (Lipinski definition) is 0. The van der Waals surface area contributed by atoms with Crippen molar-refractivity contribution in [2.75, 3.05) is 0 Å². The van der Waals surface area contributed by atoms with Crippen LogP contribution in [-0.2, 0) is 26.2 Å². The van der Waals surface area contributed by atoms with Crippen LogP contribution in [0.15, 0.2) is 38.8 Å². The van der Waals surface area contributed by atoms with Crippen LogP contribution in [0.25, 0.3) is 0 Å². The van der Waals surface area contributed by atoms with Crippen LogP contribution in [0, 0.1) is 0 Å². The minimum Gasteiger partial charge on any atom is -1.00 e. The molecule has 1 nitrogen and oxygen atoms in total. The summed E-state index contributed by atoms with van der Waals surface area (Å²) >= 11 is 0. The summed E-state index contributed by atoms with van der Waals surface area (Å²) < 4.78 is 0. The van der Waals surface area contributed by atoms with Gasteiger partial charge in [0, 0.05) is 11.3 Å². The van der Waals surface area contributed by atoms with E-state index in [0.717, 1.165) is 0 Å². The number of hydrogen-bond acceptors (Lipinski definition) is 1. The molecule has 0 unspecified atom stereocenters. The quantitative estimate of drug-likeness (QED) is 0.406. The van der Waals surface area contributed by atoms with E-state index in [-0.39, 0.29) is 51.0 Å². The van der Waals surface area contributed by atoms with Gasteiger partial charge in [-0.25, -0.2) is 0 Å². The van der Waals surface area contributed by atoms with Crippen molar-refractivity contribution < 1.29 is 51.0 Å². The zero-order valence-corrected chi connectivity index (χ0v) is 13.8. The van der Waals surface area contributed by atoms with Gasteiger partial charge in [-0.3, -0.25) is 4.99 Å². The fourth-order valence-electron chi connectivity index (χ4n) is 2.60. The Morgan fingerprint density at radius 3 is 2.33 bits per heavy atom. The molecule has 0 N–H and O–H groups in total. The summed E-state index contributed by atoms with van der Waals surface area (Å²) in [5.74, 6) is 0. The van der Waals surface area contributed by atoms with Crippen molar-refractivity contribution in [1.29, 1.82) is 0 Å². The molecule has 0 spiro atoms. The number of aliphatic imine (C=N–C) groups is 1. The van der Waals surface area contributed by atoms with Crippen LogP contribution in [0.5, 0.6) is 0 Å². The zero-order valence-electron chi connectivity index (χ0n) is 8.86. The Kier molecular flexibility index (Phi) is 4.61. The Morgan fingerprint density at radius 1 is 1.13 bits per heavy atom. The Labute approximate surface area is 123 Å². The molecule has 0 saturated heterocycles. The molecule has 3 aliphatic rings. The molecule has 0 atom stereocenters. The maximum Gasteiger partial charge on any atom is 2.00 e. The summed E-state index contributed by atoms with van der Waals surface area (Å²) in [6.07, 6.45) is 4.44. The summed E-state index contributed by atoms with van der Waals surface area (Å²) in [4.78, 5) is 4.56. The van der Waals surface area contributed by atoms with Gasteiger partial charge in [0.05, 0.1) is 5.70 Å². The minimum absolute atomic E-state index is 0. The van der Waals surface area contributed by atoms with Crippen LogP contribution in [0.1, 0.15) is 6.92 Å². The molecule has 0 saturated carbocycles.